The maximum Gasteiger partial charge on any atom is 0.122 e. The predicted molar refractivity (Wildman–Crippen MR) is 86.2 cm³/mol. The summed E-state index contributed by atoms with van der Waals surface area (Å²) in [5.74, 6) is 1.81. The molecule has 2 aromatic carbocycles. The fraction of sp³-hybridized carbons (Fsp3) is 0.333. The first-order chi connectivity index (χ1) is 10.3. The summed E-state index contributed by atoms with van der Waals surface area (Å²) in [5.41, 5.74) is 9.24. The molecule has 0 aromatic heterocycles. The van der Waals surface area contributed by atoms with E-state index in [4.69, 9.17) is 15.2 Å². The third-order valence-electron chi connectivity index (χ3n) is 3.62. The average molecular weight is 285 g/mol. The molecular weight excluding hydrogens is 262 g/mol. The monoisotopic (exact) mass is 285 g/mol. The van der Waals surface area contributed by atoms with Crippen molar-refractivity contribution in [3.8, 4) is 11.5 Å². The van der Waals surface area contributed by atoms with Crippen molar-refractivity contribution in [2.45, 2.75) is 19.3 Å². The van der Waals surface area contributed by atoms with Crippen LogP contribution in [-0.2, 0) is 19.3 Å². The Kier molecular flexibility index (Phi) is 5.64. The first kappa shape index (κ1) is 15.4. The standard InChI is InChI=1S/C18H23NO2/c1-20-17-13-16(10-11-19)18(21-2)12-15(17)9-8-14-6-4-3-5-7-14/h3-7,12-13H,8-11,19H2,1-2H3. The van der Waals surface area contributed by atoms with Crippen LogP contribution >= 0.6 is 0 Å². The molecule has 0 radical (unpaired) electrons. The zero-order valence-corrected chi connectivity index (χ0v) is 12.8. The Balaban J connectivity index is 2.21. The highest BCUT2D eigenvalue weighted by Gasteiger charge is 2.11. The van der Waals surface area contributed by atoms with Crippen molar-refractivity contribution in [1.29, 1.82) is 0 Å². The second kappa shape index (κ2) is 7.70. The fourth-order valence-corrected chi connectivity index (χ4v) is 2.49. The average Bonchev–Trinajstić information content (AvgIpc) is 2.54. The van der Waals surface area contributed by atoms with Crippen LogP contribution in [0.25, 0.3) is 0 Å². The molecule has 3 nitrogen and oxygen atoms in total. The van der Waals surface area contributed by atoms with Gasteiger partial charge in [0.15, 0.2) is 0 Å². The van der Waals surface area contributed by atoms with Gasteiger partial charge in [0.1, 0.15) is 11.5 Å². The highest BCUT2D eigenvalue weighted by molar-refractivity contribution is 5.47. The molecule has 3 heteroatoms. The zero-order chi connectivity index (χ0) is 15.1. The minimum atomic E-state index is 0.600. The van der Waals surface area contributed by atoms with Gasteiger partial charge in [-0.25, -0.2) is 0 Å². The van der Waals surface area contributed by atoms with E-state index in [0.717, 1.165) is 36.3 Å². The Bertz CT molecular complexity index is 567. The zero-order valence-electron chi connectivity index (χ0n) is 12.8. The Morgan fingerprint density at radius 2 is 1.38 bits per heavy atom. The number of hydrogen-bond acceptors (Lipinski definition) is 3. The first-order valence-corrected chi connectivity index (χ1v) is 7.26. The van der Waals surface area contributed by atoms with Gasteiger partial charge in [-0.05, 0) is 54.6 Å². The van der Waals surface area contributed by atoms with Crippen LogP contribution in [0.15, 0.2) is 42.5 Å². The summed E-state index contributed by atoms with van der Waals surface area (Å²) in [6.45, 7) is 0.600. The molecule has 0 unspecified atom stereocenters. The van der Waals surface area contributed by atoms with E-state index in [1.165, 1.54) is 11.1 Å². The number of rotatable bonds is 7. The summed E-state index contributed by atoms with van der Waals surface area (Å²) in [6, 6.07) is 14.6. The van der Waals surface area contributed by atoms with Crippen molar-refractivity contribution < 1.29 is 9.47 Å². The molecule has 2 N–H and O–H groups in total. The normalized spacial score (nSPS) is 10.4. The van der Waals surface area contributed by atoms with Crippen LogP contribution in [0, 0.1) is 0 Å². The molecule has 0 spiro atoms. The van der Waals surface area contributed by atoms with Gasteiger partial charge in [-0.15, -0.1) is 0 Å². The van der Waals surface area contributed by atoms with Gasteiger partial charge in [0.05, 0.1) is 14.2 Å². The van der Waals surface area contributed by atoms with Crippen molar-refractivity contribution in [1.82, 2.24) is 0 Å². The predicted octanol–water partition coefficient (Wildman–Crippen LogP) is 2.99. The first-order valence-electron chi connectivity index (χ1n) is 7.26. The van der Waals surface area contributed by atoms with E-state index in [0.29, 0.717) is 6.54 Å². The topological polar surface area (TPSA) is 44.5 Å². The van der Waals surface area contributed by atoms with E-state index in [2.05, 4.69) is 30.3 Å². The van der Waals surface area contributed by atoms with Gasteiger partial charge in [-0.2, -0.15) is 0 Å². The Morgan fingerprint density at radius 3 is 1.90 bits per heavy atom. The second-order valence-corrected chi connectivity index (χ2v) is 5.00. The van der Waals surface area contributed by atoms with E-state index >= 15 is 0 Å². The summed E-state index contributed by atoms with van der Waals surface area (Å²) in [5, 5.41) is 0. The van der Waals surface area contributed by atoms with Crippen molar-refractivity contribution >= 4 is 0 Å². The number of ether oxygens (including phenoxy) is 2. The van der Waals surface area contributed by atoms with Crippen LogP contribution in [0.1, 0.15) is 16.7 Å². The van der Waals surface area contributed by atoms with E-state index in [9.17, 15) is 0 Å². The maximum absolute atomic E-state index is 5.65. The smallest absolute Gasteiger partial charge is 0.122 e. The van der Waals surface area contributed by atoms with Crippen LogP contribution in [0.3, 0.4) is 0 Å². The number of hydrogen-bond donors (Lipinski definition) is 1. The van der Waals surface area contributed by atoms with E-state index in [1.54, 1.807) is 14.2 Å². The Labute approximate surface area is 126 Å². The second-order valence-electron chi connectivity index (χ2n) is 5.00. The Morgan fingerprint density at radius 1 is 0.810 bits per heavy atom. The summed E-state index contributed by atoms with van der Waals surface area (Å²) in [7, 11) is 3.41. The molecule has 0 fully saturated rings. The summed E-state index contributed by atoms with van der Waals surface area (Å²) >= 11 is 0. The van der Waals surface area contributed by atoms with Crippen molar-refractivity contribution in [2.75, 3.05) is 20.8 Å². The largest absolute Gasteiger partial charge is 0.496 e. The van der Waals surface area contributed by atoms with Crippen LogP contribution in [-0.4, -0.2) is 20.8 Å². The molecule has 0 aliphatic heterocycles. The van der Waals surface area contributed by atoms with Gasteiger partial charge in [0, 0.05) is 0 Å². The number of benzene rings is 2. The van der Waals surface area contributed by atoms with Gasteiger partial charge in [-0.3, -0.25) is 0 Å². The van der Waals surface area contributed by atoms with E-state index in [1.807, 2.05) is 12.1 Å². The number of aryl methyl sites for hydroxylation is 2. The molecule has 0 saturated carbocycles. The molecule has 112 valence electrons. The number of nitrogens with two attached hydrogens (primary N) is 1. The molecule has 0 aliphatic rings. The lowest BCUT2D eigenvalue weighted by Gasteiger charge is -2.14. The molecule has 2 rings (SSSR count). The quantitative estimate of drug-likeness (QED) is 0.850. The van der Waals surface area contributed by atoms with Gasteiger partial charge < -0.3 is 15.2 Å². The van der Waals surface area contributed by atoms with Crippen molar-refractivity contribution in [2.24, 2.45) is 5.73 Å². The Hall–Kier alpha value is -2.00. The lowest BCUT2D eigenvalue weighted by atomic mass is 10.00. The molecule has 21 heavy (non-hydrogen) atoms. The molecule has 0 atom stereocenters. The van der Waals surface area contributed by atoms with Gasteiger partial charge in [0.2, 0.25) is 0 Å². The SMILES string of the molecule is COc1cc(CCc2ccccc2)c(OC)cc1CCN. The minimum Gasteiger partial charge on any atom is -0.496 e. The third kappa shape index (κ3) is 3.99. The molecule has 2 aromatic rings. The van der Waals surface area contributed by atoms with Crippen molar-refractivity contribution in [3.05, 3.63) is 59.2 Å². The van der Waals surface area contributed by atoms with Gasteiger partial charge >= 0.3 is 0 Å². The fourth-order valence-electron chi connectivity index (χ4n) is 2.49. The molecule has 0 aliphatic carbocycles. The van der Waals surface area contributed by atoms with Crippen molar-refractivity contribution in [3.63, 3.8) is 0 Å². The van der Waals surface area contributed by atoms with Crippen LogP contribution < -0.4 is 15.2 Å². The molecule has 0 saturated heterocycles. The van der Waals surface area contributed by atoms with Crippen LogP contribution in [0.5, 0.6) is 11.5 Å². The summed E-state index contributed by atoms with van der Waals surface area (Å²) in [6.07, 6.45) is 2.70. The van der Waals surface area contributed by atoms with Crippen LogP contribution in [0.2, 0.25) is 0 Å². The molecule has 0 heterocycles. The molecular formula is C18H23NO2. The minimum absolute atomic E-state index is 0.600. The van der Waals surface area contributed by atoms with Crippen LogP contribution in [0.4, 0.5) is 0 Å². The highest BCUT2D eigenvalue weighted by atomic mass is 16.5. The highest BCUT2D eigenvalue weighted by Crippen LogP contribution is 2.30. The summed E-state index contributed by atoms with van der Waals surface area (Å²) in [4.78, 5) is 0. The number of methoxy groups -OCH3 is 2. The molecule has 0 amide bonds. The lowest BCUT2D eigenvalue weighted by Crippen LogP contribution is -2.06. The van der Waals surface area contributed by atoms with Gasteiger partial charge in [0.25, 0.3) is 0 Å². The molecule has 0 bridgehead atoms. The summed E-state index contributed by atoms with van der Waals surface area (Å²) < 4.78 is 11.0. The third-order valence-corrected chi connectivity index (χ3v) is 3.62. The lowest BCUT2D eigenvalue weighted by molar-refractivity contribution is 0.394. The maximum atomic E-state index is 5.65. The van der Waals surface area contributed by atoms with E-state index in [-0.39, 0.29) is 0 Å². The van der Waals surface area contributed by atoms with E-state index < -0.39 is 0 Å². The van der Waals surface area contributed by atoms with Gasteiger partial charge in [-0.1, -0.05) is 30.3 Å².